The molecule has 378 valence electrons. The Morgan fingerprint density at radius 2 is 0.493 bits per heavy atom. The second-order valence-electron chi connectivity index (χ2n) is 20.4. The van der Waals surface area contributed by atoms with E-state index in [1.54, 1.807) is 33.4 Å². The number of rotatable bonds is 33. The number of nitrogens with zero attached hydrogens (tertiary/aromatic N) is 3. The Kier molecular flexibility index (Phi) is 30.3. The molecule has 0 amide bonds. The number of hydrogen-bond acceptors (Lipinski definition) is 0. The summed E-state index contributed by atoms with van der Waals surface area (Å²) in [6.45, 7) is 16.6. The summed E-state index contributed by atoms with van der Waals surface area (Å²) in [5, 5.41) is 3.41. The third-order valence-electron chi connectivity index (χ3n) is 14.2. The van der Waals surface area contributed by atoms with Crippen molar-refractivity contribution in [3.05, 3.63) is 159 Å². The first kappa shape index (κ1) is 58.9. The standard InChI is InChI=1S/C42H60N3.C21H33Br3/c1-34-19-25-43(31-37(34)4)22-13-7-10-16-40-28-41(17-11-8-14-23-44-26-20-35(2)38(5)32-44)30-42(29-40)18-12-9-15-24-45-27-21-36(3)39(6)33-45;22-13-7-1-4-10-19-16-20(11-5-2-8-14-23)18-21(17-19)12-6-3-9-15-24/h19-21,25-33H,7-18,22-24H2,1-6H3;16-18H,1-15H2/q+3;. The first-order valence-electron chi connectivity index (χ1n) is 27.4. The fourth-order valence-corrected chi connectivity index (χ4v) is 10.6. The largest absolute Gasteiger partial charge is 0.205 e. The molecule has 0 aliphatic rings. The van der Waals surface area contributed by atoms with Crippen molar-refractivity contribution in [2.75, 3.05) is 16.0 Å². The van der Waals surface area contributed by atoms with E-state index in [9.17, 15) is 0 Å². The maximum atomic E-state index is 3.53. The molecule has 0 N–H and O–H groups in total. The molecule has 0 aliphatic carbocycles. The molecule has 2 aromatic carbocycles. The van der Waals surface area contributed by atoms with E-state index in [0.717, 1.165) is 35.6 Å². The Labute approximate surface area is 448 Å². The fraction of sp³-hybridized carbons (Fsp3) is 0.571. The predicted molar refractivity (Wildman–Crippen MR) is 308 cm³/mol. The van der Waals surface area contributed by atoms with Gasteiger partial charge in [0.1, 0.15) is 19.6 Å². The van der Waals surface area contributed by atoms with Crippen LogP contribution in [0.15, 0.2) is 91.8 Å². The Hall–Kier alpha value is -2.67. The summed E-state index contributed by atoms with van der Waals surface area (Å²) in [6.07, 6.45) is 44.2. The smallest absolute Gasteiger partial charge is 0.171 e. The SMILES string of the molecule is BrCCCCCc1cc(CCCCCBr)cc(CCCCCBr)c1.Cc1cc[n+](CCCCCc2cc(CCCCC[n+]3ccc(C)c(C)c3)cc(CCCCC[n+]3ccc(C)c(C)c3)c2)cc1C. The number of hydrogen-bond donors (Lipinski definition) is 0. The van der Waals surface area contributed by atoms with E-state index < -0.39 is 0 Å². The van der Waals surface area contributed by atoms with Crippen LogP contribution in [-0.2, 0) is 58.2 Å². The van der Waals surface area contributed by atoms with Gasteiger partial charge in [0, 0.05) is 70.1 Å². The third-order valence-corrected chi connectivity index (χ3v) is 15.8. The van der Waals surface area contributed by atoms with Gasteiger partial charge >= 0.3 is 0 Å². The zero-order valence-corrected chi connectivity index (χ0v) is 49.1. The van der Waals surface area contributed by atoms with Gasteiger partial charge < -0.3 is 0 Å². The molecule has 0 aliphatic heterocycles. The van der Waals surface area contributed by atoms with Gasteiger partial charge in [0.25, 0.3) is 0 Å². The van der Waals surface area contributed by atoms with E-state index in [1.807, 2.05) is 0 Å². The second-order valence-corrected chi connectivity index (χ2v) is 22.8. The number of halogens is 3. The second kappa shape index (κ2) is 35.4. The van der Waals surface area contributed by atoms with E-state index in [1.165, 1.54) is 187 Å². The maximum Gasteiger partial charge on any atom is 0.171 e. The lowest BCUT2D eigenvalue weighted by atomic mass is 9.95. The van der Waals surface area contributed by atoms with E-state index >= 15 is 0 Å². The Morgan fingerprint density at radius 3 is 0.696 bits per heavy atom. The third kappa shape index (κ3) is 25.0. The zero-order chi connectivity index (χ0) is 49.5. The Balaban J connectivity index is 0.000000365. The molecule has 3 nitrogen and oxygen atoms in total. The highest BCUT2D eigenvalue weighted by molar-refractivity contribution is 9.09. The maximum absolute atomic E-state index is 3.53. The van der Waals surface area contributed by atoms with Crippen molar-refractivity contribution in [3.8, 4) is 0 Å². The monoisotopic (exact) mass is 1130 g/mol. The van der Waals surface area contributed by atoms with Crippen LogP contribution in [0.2, 0.25) is 0 Å². The average molecular weight is 1130 g/mol. The number of pyridine rings is 3. The summed E-state index contributed by atoms with van der Waals surface area (Å²) >= 11 is 10.6. The lowest BCUT2D eigenvalue weighted by Gasteiger charge is -2.11. The van der Waals surface area contributed by atoms with Gasteiger partial charge in [-0.3, -0.25) is 0 Å². The van der Waals surface area contributed by atoms with Crippen LogP contribution in [0, 0.1) is 41.5 Å². The summed E-state index contributed by atoms with van der Waals surface area (Å²) in [7, 11) is 0. The highest BCUT2D eigenvalue weighted by Gasteiger charge is 2.09. The van der Waals surface area contributed by atoms with Crippen LogP contribution < -0.4 is 13.7 Å². The van der Waals surface area contributed by atoms with Crippen molar-refractivity contribution in [1.29, 1.82) is 0 Å². The van der Waals surface area contributed by atoms with Crippen molar-refractivity contribution in [3.63, 3.8) is 0 Å². The molecule has 69 heavy (non-hydrogen) atoms. The summed E-state index contributed by atoms with van der Waals surface area (Å²) < 4.78 is 7.08. The molecule has 5 rings (SSSR count). The molecule has 0 saturated heterocycles. The van der Waals surface area contributed by atoms with Crippen LogP contribution >= 0.6 is 47.8 Å². The highest BCUT2D eigenvalue weighted by Crippen LogP contribution is 2.21. The Morgan fingerprint density at radius 1 is 0.275 bits per heavy atom. The molecule has 6 heteroatoms. The summed E-state index contributed by atoms with van der Waals surface area (Å²) in [4.78, 5) is 0. The minimum Gasteiger partial charge on any atom is -0.205 e. The zero-order valence-electron chi connectivity index (χ0n) is 44.3. The van der Waals surface area contributed by atoms with Crippen LogP contribution in [0.5, 0.6) is 0 Å². The molecule has 0 saturated carbocycles. The lowest BCUT2D eigenvalue weighted by Crippen LogP contribution is -2.33. The molecule has 3 aromatic heterocycles. The van der Waals surface area contributed by atoms with Crippen molar-refractivity contribution in [2.24, 2.45) is 0 Å². The van der Waals surface area contributed by atoms with Gasteiger partial charge in [0.2, 0.25) is 0 Å². The number of aromatic nitrogens is 3. The molecule has 0 unspecified atom stereocenters. The van der Waals surface area contributed by atoms with Gasteiger partial charge in [-0.2, -0.15) is 0 Å². The topological polar surface area (TPSA) is 11.6 Å². The Bertz CT molecular complexity index is 1910. The van der Waals surface area contributed by atoms with Crippen LogP contribution in [0.25, 0.3) is 0 Å². The molecule has 0 spiro atoms. The van der Waals surface area contributed by atoms with E-state index in [0.29, 0.717) is 0 Å². The van der Waals surface area contributed by atoms with Gasteiger partial charge in [-0.25, -0.2) is 13.7 Å². The number of alkyl halides is 3. The summed E-state index contributed by atoms with van der Waals surface area (Å²) in [5.41, 5.74) is 17.6. The van der Waals surface area contributed by atoms with Gasteiger partial charge in [-0.15, -0.1) is 0 Å². The van der Waals surface area contributed by atoms with Gasteiger partial charge in [-0.05, 0) is 207 Å². The highest BCUT2D eigenvalue weighted by atomic mass is 79.9. The number of benzene rings is 2. The minimum atomic E-state index is 1.12. The predicted octanol–water partition coefficient (Wildman–Crippen LogP) is 16.6. The van der Waals surface area contributed by atoms with Gasteiger partial charge in [-0.1, -0.05) is 103 Å². The van der Waals surface area contributed by atoms with Crippen molar-refractivity contribution < 1.29 is 13.7 Å². The summed E-state index contributed by atoms with van der Waals surface area (Å²) in [5.74, 6) is 0. The van der Waals surface area contributed by atoms with E-state index in [4.69, 9.17) is 0 Å². The molecule has 5 aromatic rings. The minimum absolute atomic E-state index is 1.12. The molecule has 0 radical (unpaired) electrons. The lowest BCUT2D eigenvalue weighted by molar-refractivity contribution is -0.697. The van der Waals surface area contributed by atoms with E-state index in [-0.39, 0.29) is 0 Å². The van der Waals surface area contributed by atoms with Gasteiger partial charge in [0.15, 0.2) is 37.2 Å². The summed E-state index contributed by atoms with van der Waals surface area (Å²) in [6, 6.07) is 21.7. The van der Waals surface area contributed by atoms with Crippen LogP contribution in [-0.4, -0.2) is 16.0 Å². The molecular weight excluding hydrogens is 1040 g/mol. The fourth-order valence-electron chi connectivity index (χ4n) is 9.36. The number of aryl methyl sites for hydroxylation is 15. The van der Waals surface area contributed by atoms with Crippen LogP contribution in [0.4, 0.5) is 0 Å². The van der Waals surface area contributed by atoms with Crippen LogP contribution in [0.1, 0.15) is 182 Å². The van der Waals surface area contributed by atoms with E-state index in [2.05, 4.69) is 195 Å². The number of unbranched alkanes of at least 4 members (excludes halogenated alkanes) is 12. The van der Waals surface area contributed by atoms with Gasteiger partial charge in [0.05, 0.1) is 0 Å². The molecule has 0 atom stereocenters. The normalized spacial score (nSPS) is 11.3. The average Bonchev–Trinajstić information content (AvgIpc) is 3.34. The molecule has 3 heterocycles. The molecule has 0 bridgehead atoms. The van der Waals surface area contributed by atoms with Crippen LogP contribution in [0.3, 0.4) is 0 Å². The van der Waals surface area contributed by atoms with Crippen molar-refractivity contribution in [2.45, 2.75) is 215 Å². The molecular formula is C63H93Br3N3+3. The quantitative estimate of drug-likeness (QED) is 0.0225. The van der Waals surface area contributed by atoms with Crippen molar-refractivity contribution >= 4 is 47.8 Å². The first-order chi connectivity index (χ1) is 33.6. The van der Waals surface area contributed by atoms with Crippen molar-refractivity contribution in [1.82, 2.24) is 0 Å². The molecule has 0 fully saturated rings. The first-order valence-corrected chi connectivity index (χ1v) is 30.7.